The van der Waals surface area contributed by atoms with Crippen LogP contribution in [0.5, 0.6) is 0 Å². The quantitative estimate of drug-likeness (QED) is 0.244. The minimum atomic E-state index is -3.32. The Bertz CT molecular complexity index is 1500. The Kier molecular flexibility index (Phi) is 5.77. The van der Waals surface area contributed by atoms with Crippen molar-refractivity contribution in [3.05, 3.63) is 121 Å². The summed E-state index contributed by atoms with van der Waals surface area (Å²) in [5.74, 6) is 0.395. The molecule has 198 valence electrons. The second kappa shape index (κ2) is 8.90. The Morgan fingerprint density at radius 1 is 0.692 bits per heavy atom. The fraction of sp³-hybridized carbons (Fsp3) is 0.294. The van der Waals surface area contributed by atoms with Crippen molar-refractivity contribution in [3.63, 3.8) is 0 Å². The van der Waals surface area contributed by atoms with Crippen LogP contribution in [-0.2, 0) is 13.9 Å². The zero-order valence-electron chi connectivity index (χ0n) is 22.3. The van der Waals surface area contributed by atoms with Crippen molar-refractivity contribution in [2.45, 2.75) is 31.5 Å². The lowest BCUT2D eigenvalue weighted by Crippen LogP contribution is -2.52. The van der Waals surface area contributed by atoms with E-state index in [-0.39, 0.29) is 5.41 Å². The monoisotopic (exact) mass is 552 g/mol. The summed E-state index contributed by atoms with van der Waals surface area (Å²) in [7, 11) is -6.43. The van der Waals surface area contributed by atoms with Crippen molar-refractivity contribution in [2.75, 3.05) is 12.8 Å². The minimum Gasteiger partial charge on any atom is -0.365 e. The van der Waals surface area contributed by atoms with Crippen molar-refractivity contribution in [3.8, 4) is 0 Å². The van der Waals surface area contributed by atoms with E-state index in [1.165, 1.54) is 0 Å². The molecule has 3 nitrogen and oxygen atoms in total. The summed E-state index contributed by atoms with van der Waals surface area (Å²) in [6, 6.07) is 39.8. The lowest BCUT2D eigenvalue weighted by molar-refractivity contribution is -0.0218. The van der Waals surface area contributed by atoms with Crippen LogP contribution in [0.4, 0.5) is 0 Å². The highest BCUT2D eigenvalue weighted by Crippen LogP contribution is 2.86. The summed E-state index contributed by atoms with van der Waals surface area (Å²) in [4.78, 5) is 0. The molecule has 0 unspecified atom stereocenters. The maximum Gasteiger partial charge on any atom is 0.174 e. The average molecular weight is 553 g/mol. The van der Waals surface area contributed by atoms with Gasteiger partial charge in [-0.1, -0.05) is 128 Å². The molecule has 1 aliphatic heterocycles. The van der Waals surface area contributed by atoms with Gasteiger partial charge in [0.15, 0.2) is 7.14 Å². The van der Waals surface area contributed by atoms with E-state index in [1.807, 2.05) is 121 Å². The number of rotatable bonds is 7. The lowest BCUT2D eigenvalue weighted by Gasteiger charge is -2.49. The number of benzene rings is 4. The molecule has 3 fully saturated rings. The summed E-state index contributed by atoms with van der Waals surface area (Å²) < 4.78 is 38.7. The molecule has 5 heteroatoms. The number of hydrogen-bond donors (Lipinski definition) is 0. The van der Waals surface area contributed by atoms with Crippen LogP contribution in [0, 0.1) is 16.7 Å². The van der Waals surface area contributed by atoms with Crippen LogP contribution in [0.3, 0.4) is 0 Å². The zero-order chi connectivity index (χ0) is 26.8. The second-order valence-corrected chi connectivity index (χ2v) is 17.7. The molecule has 1 heterocycles. The van der Waals surface area contributed by atoms with E-state index in [1.54, 1.807) is 0 Å². The van der Waals surface area contributed by atoms with Gasteiger partial charge in [-0.15, -0.1) is 0 Å². The molecule has 4 bridgehead atoms. The first-order valence-electron chi connectivity index (χ1n) is 14.0. The Morgan fingerprint density at radius 3 is 1.59 bits per heavy atom. The molecule has 0 amide bonds. The van der Waals surface area contributed by atoms with Crippen LogP contribution >= 0.6 is 14.3 Å². The Hall–Kier alpha value is -2.70. The molecule has 7 rings (SSSR count). The molecule has 0 radical (unpaired) electrons. The molecular weight excluding hydrogens is 518 g/mol. The Balaban J connectivity index is 1.49. The molecule has 39 heavy (non-hydrogen) atoms. The summed E-state index contributed by atoms with van der Waals surface area (Å²) in [5.41, 5.74) is -0.682. The highest BCUT2D eigenvalue weighted by Gasteiger charge is 2.83. The van der Waals surface area contributed by atoms with E-state index in [0.717, 1.165) is 40.5 Å². The predicted octanol–water partition coefficient (Wildman–Crippen LogP) is 6.55. The van der Waals surface area contributed by atoms with Crippen LogP contribution in [0.25, 0.3) is 0 Å². The number of ether oxygens (including phenoxy) is 1. The summed E-state index contributed by atoms with van der Waals surface area (Å²) in [6.45, 7) is 2.89. The predicted molar refractivity (Wildman–Crippen MR) is 161 cm³/mol. The topological polar surface area (TPSA) is 43.4 Å². The third kappa shape index (κ3) is 3.22. The van der Waals surface area contributed by atoms with Crippen molar-refractivity contribution in [1.82, 2.24) is 0 Å². The lowest BCUT2D eigenvalue weighted by atomic mass is 9.70. The standard InChI is InChI=1S/C34H34O3P2/c1-32-25-37-34(39(36,30-18-10-4-11-19-30)31-20-12-5-13-21-31)24-27(32)22-23-33(32,34)26-38(35,28-14-6-2-7-15-28)29-16-8-3-9-17-29/h2-21,27H,22-26H2,1H3/t27-,32-,33-,34-/m1/s1. The molecule has 4 atom stereocenters. The van der Waals surface area contributed by atoms with E-state index >= 15 is 9.13 Å². The first-order valence-corrected chi connectivity index (χ1v) is 17.6. The maximum absolute atomic E-state index is 16.1. The first kappa shape index (κ1) is 25.3. The van der Waals surface area contributed by atoms with Gasteiger partial charge in [-0.05, 0) is 25.2 Å². The highest BCUT2D eigenvalue weighted by molar-refractivity contribution is 7.80. The van der Waals surface area contributed by atoms with E-state index in [9.17, 15) is 0 Å². The van der Waals surface area contributed by atoms with Crippen molar-refractivity contribution in [2.24, 2.45) is 16.7 Å². The molecule has 3 aliphatic rings. The van der Waals surface area contributed by atoms with Gasteiger partial charge < -0.3 is 13.9 Å². The van der Waals surface area contributed by atoms with E-state index in [2.05, 4.69) is 6.92 Å². The largest absolute Gasteiger partial charge is 0.365 e. The van der Waals surface area contributed by atoms with Gasteiger partial charge in [0.25, 0.3) is 0 Å². The molecular formula is C34H34O3P2. The fourth-order valence-corrected chi connectivity index (χ4v) is 16.2. The van der Waals surface area contributed by atoms with Crippen LogP contribution < -0.4 is 21.2 Å². The Labute approximate surface area is 231 Å². The molecule has 4 aromatic rings. The van der Waals surface area contributed by atoms with Gasteiger partial charge in [0.2, 0.25) is 0 Å². The molecule has 0 spiro atoms. The minimum absolute atomic E-state index is 0.189. The van der Waals surface area contributed by atoms with Crippen LogP contribution in [0.2, 0.25) is 0 Å². The van der Waals surface area contributed by atoms with E-state index in [4.69, 9.17) is 4.74 Å². The highest BCUT2D eigenvalue weighted by atomic mass is 31.2. The third-order valence-corrected chi connectivity index (χ3v) is 17.4. The smallest absolute Gasteiger partial charge is 0.174 e. The Morgan fingerprint density at radius 2 is 1.13 bits per heavy atom. The van der Waals surface area contributed by atoms with Crippen LogP contribution in [0.15, 0.2) is 121 Å². The summed E-state index contributed by atoms with van der Waals surface area (Å²) >= 11 is 0. The van der Waals surface area contributed by atoms with Gasteiger partial charge >= 0.3 is 0 Å². The van der Waals surface area contributed by atoms with Gasteiger partial charge in [-0.3, -0.25) is 0 Å². The van der Waals surface area contributed by atoms with Gasteiger partial charge in [-0.25, -0.2) is 0 Å². The van der Waals surface area contributed by atoms with E-state index < -0.39 is 25.0 Å². The summed E-state index contributed by atoms with van der Waals surface area (Å²) in [6.07, 6.45) is 3.15. The van der Waals surface area contributed by atoms with Gasteiger partial charge in [0.05, 0.1) is 6.61 Å². The molecule has 0 N–H and O–H groups in total. The zero-order valence-corrected chi connectivity index (χ0v) is 24.1. The SMILES string of the molecule is C[C@@]12CO[C@@]3(P(=O)(c4ccccc4)c4ccccc4)C[C@H]1CC[C@]32CP(=O)(c1ccccc1)c1ccccc1. The number of hydrogen-bond acceptors (Lipinski definition) is 3. The average Bonchev–Trinajstić information content (AvgIpc) is 3.51. The molecule has 0 aromatic heterocycles. The van der Waals surface area contributed by atoms with E-state index in [0.29, 0.717) is 18.7 Å². The third-order valence-electron chi connectivity index (χ3n) is 10.4. The molecule has 4 aromatic carbocycles. The first-order chi connectivity index (χ1) is 18.9. The maximum atomic E-state index is 16.1. The van der Waals surface area contributed by atoms with Crippen molar-refractivity contribution in [1.29, 1.82) is 0 Å². The normalized spacial score (nSPS) is 29.5. The van der Waals surface area contributed by atoms with Crippen molar-refractivity contribution < 1.29 is 13.9 Å². The van der Waals surface area contributed by atoms with Gasteiger partial charge in [0, 0.05) is 38.2 Å². The molecule has 2 saturated carbocycles. The van der Waals surface area contributed by atoms with Crippen LogP contribution in [0.1, 0.15) is 26.2 Å². The van der Waals surface area contributed by atoms with Gasteiger partial charge in [-0.2, -0.15) is 0 Å². The fourth-order valence-electron chi connectivity index (χ4n) is 8.43. The van der Waals surface area contributed by atoms with Crippen LogP contribution in [-0.4, -0.2) is 18.1 Å². The summed E-state index contributed by atoms with van der Waals surface area (Å²) in [5, 5.41) is 2.50. The molecule has 2 aliphatic carbocycles. The van der Waals surface area contributed by atoms with Crippen molar-refractivity contribution >= 4 is 35.5 Å². The van der Waals surface area contributed by atoms with Gasteiger partial charge in [0.1, 0.15) is 12.5 Å². The molecule has 1 saturated heterocycles. The second-order valence-electron chi connectivity index (χ2n) is 11.9.